The standard InChI is InChI=1S/C15H17ClFN3O2/c1-9-18-15(22-19-9)12-7-20(6-11(12)8-21)5-10-2-3-14(17)13(16)4-10/h2-4,11-12,21H,5-8H2,1H3/t11-,12+/m0/s1. The summed E-state index contributed by atoms with van der Waals surface area (Å²) in [5.74, 6) is 0.809. The van der Waals surface area contributed by atoms with E-state index in [0.717, 1.165) is 12.1 Å². The molecular formula is C15H17ClFN3O2. The number of nitrogens with zero attached hydrogens (tertiary/aromatic N) is 3. The highest BCUT2D eigenvalue weighted by molar-refractivity contribution is 6.30. The number of hydrogen-bond acceptors (Lipinski definition) is 5. The maximum Gasteiger partial charge on any atom is 0.231 e. The van der Waals surface area contributed by atoms with E-state index < -0.39 is 5.82 Å². The van der Waals surface area contributed by atoms with Gasteiger partial charge in [0, 0.05) is 32.2 Å². The van der Waals surface area contributed by atoms with E-state index in [-0.39, 0.29) is 23.5 Å². The van der Waals surface area contributed by atoms with Gasteiger partial charge in [-0.3, -0.25) is 4.90 Å². The van der Waals surface area contributed by atoms with Gasteiger partial charge in [-0.25, -0.2) is 4.39 Å². The highest BCUT2D eigenvalue weighted by Crippen LogP contribution is 2.32. The molecule has 22 heavy (non-hydrogen) atoms. The molecule has 118 valence electrons. The molecule has 5 nitrogen and oxygen atoms in total. The number of aryl methyl sites for hydroxylation is 1. The van der Waals surface area contributed by atoms with Crippen molar-refractivity contribution in [2.24, 2.45) is 5.92 Å². The van der Waals surface area contributed by atoms with E-state index in [1.54, 1.807) is 19.1 Å². The van der Waals surface area contributed by atoms with E-state index in [2.05, 4.69) is 15.0 Å². The van der Waals surface area contributed by atoms with Crippen LogP contribution in [-0.2, 0) is 6.54 Å². The van der Waals surface area contributed by atoms with Gasteiger partial charge in [-0.2, -0.15) is 4.98 Å². The summed E-state index contributed by atoms with van der Waals surface area (Å²) >= 11 is 5.82. The first-order valence-corrected chi connectivity index (χ1v) is 7.52. The maximum atomic E-state index is 13.2. The number of hydrogen-bond donors (Lipinski definition) is 1. The van der Waals surface area contributed by atoms with Crippen molar-refractivity contribution in [1.29, 1.82) is 0 Å². The Morgan fingerprint density at radius 1 is 1.45 bits per heavy atom. The van der Waals surface area contributed by atoms with E-state index in [4.69, 9.17) is 16.1 Å². The molecule has 0 radical (unpaired) electrons. The monoisotopic (exact) mass is 325 g/mol. The number of benzene rings is 1. The number of aromatic nitrogens is 2. The molecule has 0 saturated carbocycles. The fourth-order valence-corrected chi connectivity index (χ4v) is 3.12. The van der Waals surface area contributed by atoms with Crippen LogP contribution in [0.2, 0.25) is 5.02 Å². The van der Waals surface area contributed by atoms with Gasteiger partial charge < -0.3 is 9.63 Å². The summed E-state index contributed by atoms with van der Waals surface area (Å²) in [5, 5.41) is 13.5. The lowest BCUT2D eigenvalue weighted by Gasteiger charge is -2.15. The minimum absolute atomic E-state index is 0.0159. The van der Waals surface area contributed by atoms with Crippen LogP contribution in [0.1, 0.15) is 23.2 Å². The summed E-state index contributed by atoms with van der Waals surface area (Å²) in [6, 6.07) is 4.73. The van der Waals surface area contributed by atoms with E-state index >= 15 is 0 Å². The van der Waals surface area contributed by atoms with E-state index in [9.17, 15) is 9.50 Å². The third kappa shape index (κ3) is 3.14. The summed E-state index contributed by atoms with van der Waals surface area (Å²) in [7, 11) is 0. The Morgan fingerprint density at radius 2 is 2.27 bits per heavy atom. The first-order chi connectivity index (χ1) is 10.6. The molecule has 0 amide bonds. The molecule has 1 aliphatic rings. The van der Waals surface area contributed by atoms with Crippen molar-refractivity contribution in [3.63, 3.8) is 0 Å². The van der Waals surface area contributed by atoms with Gasteiger partial charge in [-0.1, -0.05) is 22.8 Å². The van der Waals surface area contributed by atoms with Gasteiger partial charge >= 0.3 is 0 Å². The summed E-state index contributed by atoms with van der Waals surface area (Å²) in [4.78, 5) is 6.45. The molecule has 1 N–H and O–H groups in total. The fourth-order valence-electron chi connectivity index (χ4n) is 2.91. The summed E-state index contributed by atoms with van der Waals surface area (Å²) < 4.78 is 18.5. The lowest BCUT2D eigenvalue weighted by atomic mass is 9.97. The van der Waals surface area contributed by atoms with Gasteiger partial charge in [0.05, 0.1) is 10.9 Å². The molecule has 2 aromatic rings. The van der Waals surface area contributed by atoms with Crippen LogP contribution in [0.3, 0.4) is 0 Å². The van der Waals surface area contributed by atoms with Crippen LogP contribution in [0.5, 0.6) is 0 Å². The molecule has 2 heterocycles. The Kier molecular flexibility index (Phi) is 4.42. The van der Waals surface area contributed by atoms with Crippen molar-refractivity contribution in [3.8, 4) is 0 Å². The SMILES string of the molecule is Cc1noc([C@@H]2CN(Cc3ccc(F)c(Cl)c3)C[C@H]2CO)n1. The minimum atomic E-state index is -0.417. The Morgan fingerprint density at radius 3 is 2.91 bits per heavy atom. The second-order valence-corrected chi connectivity index (χ2v) is 6.08. The first kappa shape index (κ1) is 15.4. The quantitative estimate of drug-likeness (QED) is 0.935. The average molecular weight is 326 g/mol. The highest BCUT2D eigenvalue weighted by atomic mass is 35.5. The number of rotatable bonds is 4. The Bertz CT molecular complexity index is 664. The van der Waals surface area contributed by atoms with Crippen LogP contribution >= 0.6 is 11.6 Å². The molecule has 0 spiro atoms. The van der Waals surface area contributed by atoms with Crippen molar-refractivity contribution in [2.75, 3.05) is 19.7 Å². The van der Waals surface area contributed by atoms with E-state index in [0.29, 0.717) is 24.8 Å². The van der Waals surface area contributed by atoms with Crippen LogP contribution in [0.4, 0.5) is 4.39 Å². The predicted molar refractivity (Wildman–Crippen MR) is 79.0 cm³/mol. The molecule has 0 unspecified atom stereocenters. The van der Waals surface area contributed by atoms with Crippen molar-refractivity contribution in [3.05, 3.63) is 46.3 Å². The predicted octanol–water partition coefficient (Wildman–Crippen LogP) is 2.38. The summed E-state index contributed by atoms with van der Waals surface area (Å²) in [6.07, 6.45) is 0. The van der Waals surface area contributed by atoms with Gasteiger partial charge in [0.1, 0.15) is 5.82 Å². The first-order valence-electron chi connectivity index (χ1n) is 7.14. The topological polar surface area (TPSA) is 62.4 Å². The lowest BCUT2D eigenvalue weighted by Crippen LogP contribution is -2.21. The van der Waals surface area contributed by atoms with Crippen LogP contribution in [0.15, 0.2) is 22.7 Å². The zero-order valence-electron chi connectivity index (χ0n) is 12.2. The molecule has 2 atom stereocenters. The van der Waals surface area contributed by atoms with E-state index in [1.165, 1.54) is 6.07 Å². The molecule has 1 aromatic carbocycles. The zero-order valence-corrected chi connectivity index (χ0v) is 12.9. The Hall–Kier alpha value is -1.50. The fraction of sp³-hybridized carbons (Fsp3) is 0.467. The second kappa shape index (κ2) is 6.32. The number of halogens is 2. The van der Waals surface area contributed by atoms with E-state index in [1.807, 2.05) is 0 Å². The molecular weight excluding hydrogens is 309 g/mol. The maximum absolute atomic E-state index is 13.2. The molecule has 3 rings (SSSR count). The van der Waals surface area contributed by atoms with Gasteiger partial charge in [0.15, 0.2) is 5.82 Å². The molecule has 1 fully saturated rings. The molecule has 1 aromatic heterocycles. The average Bonchev–Trinajstić information content (AvgIpc) is 3.09. The number of aliphatic hydroxyl groups is 1. The van der Waals surface area contributed by atoms with Crippen LogP contribution in [0.25, 0.3) is 0 Å². The molecule has 1 saturated heterocycles. The van der Waals surface area contributed by atoms with Gasteiger partial charge in [0.25, 0.3) is 0 Å². The van der Waals surface area contributed by atoms with Crippen molar-refractivity contribution in [1.82, 2.24) is 15.0 Å². The molecule has 1 aliphatic heterocycles. The zero-order chi connectivity index (χ0) is 15.7. The highest BCUT2D eigenvalue weighted by Gasteiger charge is 2.36. The number of likely N-dealkylation sites (tertiary alicyclic amines) is 1. The second-order valence-electron chi connectivity index (χ2n) is 5.67. The van der Waals surface area contributed by atoms with Crippen LogP contribution in [-0.4, -0.2) is 39.8 Å². The van der Waals surface area contributed by atoms with Crippen molar-refractivity contribution in [2.45, 2.75) is 19.4 Å². The van der Waals surface area contributed by atoms with Crippen molar-refractivity contribution >= 4 is 11.6 Å². The Balaban J connectivity index is 1.72. The Labute approximate surface area is 132 Å². The van der Waals surface area contributed by atoms with Crippen LogP contribution in [0, 0.1) is 18.7 Å². The molecule has 7 heteroatoms. The van der Waals surface area contributed by atoms with Crippen LogP contribution < -0.4 is 0 Å². The van der Waals surface area contributed by atoms with Gasteiger partial charge in [0.2, 0.25) is 5.89 Å². The largest absolute Gasteiger partial charge is 0.396 e. The summed E-state index contributed by atoms with van der Waals surface area (Å²) in [6.45, 7) is 3.90. The van der Waals surface area contributed by atoms with Crippen molar-refractivity contribution < 1.29 is 14.0 Å². The van der Waals surface area contributed by atoms with Gasteiger partial charge in [-0.15, -0.1) is 0 Å². The van der Waals surface area contributed by atoms with Gasteiger partial charge in [-0.05, 0) is 24.6 Å². The normalized spacial score (nSPS) is 22.4. The third-order valence-corrected chi connectivity index (χ3v) is 4.29. The molecule has 0 bridgehead atoms. The molecule has 0 aliphatic carbocycles. The third-order valence-electron chi connectivity index (χ3n) is 4.00. The number of aliphatic hydroxyl groups excluding tert-OH is 1. The lowest BCUT2D eigenvalue weighted by molar-refractivity contribution is 0.205. The minimum Gasteiger partial charge on any atom is -0.396 e. The smallest absolute Gasteiger partial charge is 0.231 e. The summed E-state index contributed by atoms with van der Waals surface area (Å²) in [5.41, 5.74) is 0.936.